The SMILES string of the molecule is Cc1ccc(S(=O)(=O)CCC(=O)Nc2cnc3ccccc3c2)cc1. The van der Waals surface area contributed by atoms with Crippen LogP contribution in [0.3, 0.4) is 0 Å². The van der Waals surface area contributed by atoms with E-state index in [-0.39, 0.29) is 23.0 Å². The van der Waals surface area contributed by atoms with Crippen molar-refractivity contribution in [3.05, 3.63) is 66.4 Å². The molecule has 6 heteroatoms. The summed E-state index contributed by atoms with van der Waals surface area (Å²) in [5, 5.41) is 3.61. The molecule has 0 atom stereocenters. The zero-order valence-electron chi connectivity index (χ0n) is 13.8. The van der Waals surface area contributed by atoms with E-state index in [1.165, 1.54) is 0 Å². The minimum Gasteiger partial charge on any atom is -0.325 e. The van der Waals surface area contributed by atoms with Crippen molar-refractivity contribution in [1.29, 1.82) is 0 Å². The van der Waals surface area contributed by atoms with Gasteiger partial charge in [-0.1, -0.05) is 35.9 Å². The van der Waals surface area contributed by atoms with E-state index >= 15 is 0 Å². The van der Waals surface area contributed by atoms with Crippen LogP contribution in [-0.2, 0) is 14.6 Å². The van der Waals surface area contributed by atoms with Gasteiger partial charge in [-0.25, -0.2) is 8.42 Å². The number of aryl methyl sites for hydroxylation is 1. The predicted molar refractivity (Wildman–Crippen MR) is 98.2 cm³/mol. The molecular weight excluding hydrogens is 336 g/mol. The maximum atomic E-state index is 12.3. The van der Waals surface area contributed by atoms with Crippen molar-refractivity contribution in [3.63, 3.8) is 0 Å². The Kier molecular flexibility index (Phi) is 4.81. The van der Waals surface area contributed by atoms with Crippen molar-refractivity contribution in [2.45, 2.75) is 18.2 Å². The van der Waals surface area contributed by atoms with Crippen molar-refractivity contribution in [2.75, 3.05) is 11.1 Å². The summed E-state index contributed by atoms with van der Waals surface area (Å²) >= 11 is 0. The molecular formula is C19H18N2O3S. The van der Waals surface area contributed by atoms with Gasteiger partial charge in [-0.2, -0.15) is 0 Å². The second-order valence-corrected chi connectivity index (χ2v) is 7.96. The van der Waals surface area contributed by atoms with Crippen LogP contribution in [0, 0.1) is 6.92 Å². The van der Waals surface area contributed by atoms with E-state index in [4.69, 9.17) is 0 Å². The number of benzene rings is 2. The van der Waals surface area contributed by atoms with E-state index in [9.17, 15) is 13.2 Å². The van der Waals surface area contributed by atoms with E-state index in [1.54, 1.807) is 30.5 Å². The van der Waals surface area contributed by atoms with Crippen LogP contribution in [0.15, 0.2) is 65.7 Å². The summed E-state index contributed by atoms with van der Waals surface area (Å²) < 4.78 is 24.6. The molecule has 0 spiro atoms. The topological polar surface area (TPSA) is 76.1 Å². The van der Waals surface area contributed by atoms with Crippen molar-refractivity contribution in [3.8, 4) is 0 Å². The highest BCUT2D eigenvalue weighted by Crippen LogP contribution is 2.17. The molecule has 1 heterocycles. The number of carbonyl (C=O) groups excluding carboxylic acids is 1. The molecule has 25 heavy (non-hydrogen) atoms. The van der Waals surface area contributed by atoms with Crippen molar-refractivity contribution in [2.24, 2.45) is 0 Å². The summed E-state index contributed by atoms with van der Waals surface area (Å²) in [6, 6.07) is 16.0. The third-order valence-corrected chi connectivity index (χ3v) is 5.58. The molecule has 0 saturated carbocycles. The molecule has 1 amide bonds. The Morgan fingerprint density at radius 1 is 1.08 bits per heavy atom. The number of aromatic nitrogens is 1. The van der Waals surface area contributed by atoms with E-state index in [0.29, 0.717) is 5.69 Å². The fourth-order valence-electron chi connectivity index (χ4n) is 2.45. The monoisotopic (exact) mass is 354 g/mol. The number of fused-ring (bicyclic) bond motifs is 1. The van der Waals surface area contributed by atoms with Gasteiger partial charge in [0.15, 0.2) is 9.84 Å². The van der Waals surface area contributed by atoms with Crippen LogP contribution in [0.1, 0.15) is 12.0 Å². The molecule has 0 radical (unpaired) electrons. The minimum absolute atomic E-state index is 0.108. The second kappa shape index (κ2) is 7.03. The molecule has 0 saturated heterocycles. The van der Waals surface area contributed by atoms with Gasteiger partial charge in [0, 0.05) is 11.8 Å². The number of sulfone groups is 1. The fourth-order valence-corrected chi connectivity index (χ4v) is 3.69. The molecule has 0 aliphatic rings. The van der Waals surface area contributed by atoms with Crippen LogP contribution >= 0.6 is 0 Å². The van der Waals surface area contributed by atoms with Crippen LogP contribution < -0.4 is 5.32 Å². The Labute approximate surface area is 146 Å². The van der Waals surface area contributed by atoms with Crippen LogP contribution in [0.4, 0.5) is 5.69 Å². The highest BCUT2D eigenvalue weighted by atomic mass is 32.2. The fraction of sp³-hybridized carbons (Fsp3) is 0.158. The average molecular weight is 354 g/mol. The van der Waals surface area contributed by atoms with Crippen LogP contribution in [0.2, 0.25) is 0 Å². The molecule has 3 aromatic rings. The average Bonchev–Trinajstić information content (AvgIpc) is 2.60. The van der Waals surface area contributed by atoms with Crippen LogP contribution in [0.5, 0.6) is 0 Å². The van der Waals surface area contributed by atoms with Gasteiger partial charge >= 0.3 is 0 Å². The Morgan fingerprint density at radius 2 is 1.80 bits per heavy atom. The molecule has 1 aromatic heterocycles. The molecule has 0 bridgehead atoms. The first-order valence-corrected chi connectivity index (χ1v) is 9.53. The zero-order valence-corrected chi connectivity index (χ0v) is 14.6. The molecule has 3 rings (SSSR count). The Hall–Kier alpha value is -2.73. The lowest BCUT2D eigenvalue weighted by atomic mass is 10.2. The van der Waals surface area contributed by atoms with E-state index < -0.39 is 9.84 Å². The first kappa shape index (κ1) is 17.1. The van der Waals surface area contributed by atoms with Crippen molar-refractivity contribution >= 4 is 32.3 Å². The van der Waals surface area contributed by atoms with E-state index in [2.05, 4.69) is 10.3 Å². The Balaban J connectivity index is 1.64. The van der Waals surface area contributed by atoms with Crippen LogP contribution in [0.25, 0.3) is 10.9 Å². The van der Waals surface area contributed by atoms with Gasteiger partial charge in [0.25, 0.3) is 0 Å². The number of hydrogen-bond acceptors (Lipinski definition) is 4. The Morgan fingerprint density at radius 3 is 2.56 bits per heavy atom. The van der Waals surface area contributed by atoms with Crippen molar-refractivity contribution < 1.29 is 13.2 Å². The summed E-state index contributed by atoms with van der Waals surface area (Å²) in [5.74, 6) is -0.587. The summed E-state index contributed by atoms with van der Waals surface area (Å²) in [6.45, 7) is 1.89. The van der Waals surface area contributed by atoms with Gasteiger partial charge in [0.2, 0.25) is 5.91 Å². The number of nitrogens with zero attached hydrogens (tertiary/aromatic N) is 1. The normalized spacial score (nSPS) is 11.4. The number of carbonyl (C=O) groups is 1. The quantitative estimate of drug-likeness (QED) is 0.762. The highest BCUT2D eigenvalue weighted by Gasteiger charge is 2.16. The Bertz CT molecular complexity index is 1010. The predicted octanol–water partition coefficient (Wildman–Crippen LogP) is 3.35. The second-order valence-electron chi connectivity index (χ2n) is 5.85. The number of anilines is 1. The lowest BCUT2D eigenvalue weighted by molar-refractivity contribution is -0.115. The number of hydrogen-bond donors (Lipinski definition) is 1. The van der Waals surface area contributed by atoms with Gasteiger partial charge in [-0.15, -0.1) is 0 Å². The third kappa shape index (κ3) is 4.22. The van der Waals surface area contributed by atoms with Gasteiger partial charge in [-0.05, 0) is 31.2 Å². The maximum Gasteiger partial charge on any atom is 0.225 e. The van der Waals surface area contributed by atoms with Crippen molar-refractivity contribution in [1.82, 2.24) is 4.98 Å². The molecule has 128 valence electrons. The first-order chi connectivity index (χ1) is 11.9. The summed E-state index contributed by atoms with van der Waals surface area (Å²) in [7, 11) is -3.48. The van der Waals surface area contributed by atoms with Gasteiger partial charge in [0.1, 0.15) is 0 Å². The van der Waals surface area contributed by atoms with E-state index in [0.717, 1.165) is 16.5 Å². The van der Waals surface area contributed by atoms with Gasteiger partial charge in [0.05, 0.1) is 28.0 Å². The van der Waals surface area contributed by atoms with Gasteiger partial charge < -0.3 is 5.32 Å². The zero-order chi connectivity index (χ0) is 17.9. The molecule has 0 fully saturated rings. The molecule has 1 N–H and O–H groups in total. The molecule has 0 aliphatic carbocycles. The third-order valence-electron chi connectivity index (χ3n) is 3.85. The smallest absolute Gasteiger partial charge is 0.225 e. The van der Waals surface area contributed by atoms with E-state index in [1.807, 2.05) is 37.3 Å². The first-order valence-electron chi connectivity index (χ1n) is 7.88. The number of nitrogens with one attached hydrogen (secondary N) is 1. The summed E-state index contributed by atoms with van der Waals surface area (Å²) in [4.78, 5) is 16.6. The summed E-state index contributed by atoms with van der Waals surface area (Å²) in [6.07, 6.45) is 1.46. The number of para-hydroxylation sites is 1. The lowest BCUT2D eigenvalue weighted by Crippen LogP contribution is -2.17. The number of rotatable bonds is 5. The van der Waals surface area contributed by atoms with Gasteiger partial charge in [-0.3, -0.25) is 9.78 Å². The highest BCUT2D eigenvalue weighted by molar-refractivity contribution is 7.91. The lowest BCUT2D eigenvalue weighted by Gasteiger charge is -2.07. The molecule has 0 aliphatic heterocycles. The minimum atomic E-state index is -3.48. The molecule has 2 aromatic carbocycles. The number of pyridine rings is 1. The van der Waals surface area contributed by atoms with Crippen LogP contribution in [-0.4, -0.2) is 25.1 Å². The summed E-state index contributed by atoms with van der Waals surface area (Å²) in [5.41, 5.74) is 2.37. The molecule has 5 nitrogen and oxygen atoms in total. The number of amides is 1. The standard InChI is InChI=1S/C19H18N2O3S/c1-14-6-8-17(9-7-14)25(23,24)11-10-19(22)21-16-12-15-4-2-3-5-18(15)20-13-16/h2-9,12-13H,10-11H2,1H3,(H,21,22). The maximum absolute atomic E-state index is 12.3. The molecule has 0 unspecified atom stereocenters. The largest absolute Gasteiger partial charge is 0.325 e.